The van der Waals surface area contributed by atoms with Crippen molar-refractivity contribution in [2.75, 3.05) is 6.61 Å². The van der Waals surface area contributed by atoms with Crippen molar-refractivity contribution in [2.45, 2.75) is 117 Å². The number of hydrogen-bond acceptors (Lipinski definition) is 3. The molecule has 2 N–H and O–H groups in total. The lowest BCUT2D eigenvalue weighted by Crippen LogP contribution is -2.61. The van der Waals surface area contributed by atoms with Crippen LogP contribution in [0.4, 0.5) is 0 Å². The van der Waals surface area contributed by atoms with Crippen LogP contribution in [0.15, 0.2) is 0 Å². The van der Waals surface area contributed by atoms with Gasteiger partial charge in [-0.1, -0.05) is 20.8 Å². The second-order valence-electron chi connectivity index (χ2n) is 12.7. The van der Waals surface area contributed by atoms with Gasteiger partial charge in [0.05, 0.1) is 23.9 Å². The van der Waals surface area contributed by atoms with E-state index in [0.717, 1.165) is 31.1 Å². The highest BCUT2D eigenvalue weighted by Gasteiger charge is 2.66. The third-order valence-corrected chi connectivity index (χ3v) is 10.3. The first-order valence-electron chi connectivity index (χ1n) is 11.9. The van der Waals surface area contributed by atoms with Gasteiger partial charge >= 0.3 is 0 Å². The molecule has 0 radical (unpaired) electrons. The largest absolute Gasteiger partial charge is 0.390 e. The molecule has 4 aliphatic carbocycles. The van der Waals surface area contributed by atoms with Gasteiger partial charge < -0.3 is 14.9 Å². The first-order valence-corrected chi connectivity index (χ1v) is 11.9. The number of ether oxygens (including phenoxy) is 1. The summed E-state index contributed by atoms with van der Waals surface area (Å²) in [6, 6.07) is 0. The number of rotatable bonds is 3. The third kappa shape index (κ3) is 3.10. The van der Waals surface area contributed by atoms with Crippen molar-refractivity contribution in [3.63, 3.8) is 0 Å². The van der Waals surface area contributed by atoms with Gasteiger partial charge in [0.15, 0.2) is 0 Å². The van der Waals surface area contributed by atoms with E-state index in [1.807, 2.05) is 13.8 Å². The van der Waals surface area contributed by atoms with Crippen molar-refractivity contribution in [3.05, 3.63) is 0 Å². The lowest BCUT2D eigenvalue weighted by atomic mass is 9.38. The highest BCUT2D eigenvalue weighted by molar-refractivity contribution is 5.15. The van der Waals surface area contributed by atoms with Gasteiger partial charge in [-0.15, -0.1) is 0 Å². The first kappa shape index (κ1) is 21.1. The summed E-state index contributed by atoms with van der Waals surface area (Å²) in [6.07, 6.45) is 11.0. The number of fused-ring (bicyclic) bond motifs is 5. The number of aliphatic hydroxyl groups is 2. The zero-order chi connectivity index (χ0) is 20.6. The molecule has 3 heteroatoms. The maximum Gasteiger partial charge on any atom is 0.0824 e. The van der Waals surface area contributed by atoms with Gasteiger partial charge in [0, 0.05) is 0 Å². The summed E-state index contributed by atoms with van der Waals surface area (Å²) < 4.78 is 6.33. The summed E-state index contributed by atoms with van der Waals surface area (Å²) in [5.41, 5.74) is -0.186. The molecule has 0 amide bonds. The Hall–Kier alpha value is -0.120. The molecular formula is C25H44O3. The van der Waals surface area contributed by atoms with Gasteiger partial charge in [-0.25, -0.2) is 0 Å². The SMILES string of the molecule is CC(C)(O)CO[C@H]1CC[C@H]2[C@@H]3CC[C@H]4C[C@@](C)(O)CC[C@]4(C)[C@@]3(C)CC[C@]12C. The lowest BCUT2D eigenvalue weighted by Gasteiger charge is -2.67. The van der Waals surface area contributed by atoms with Crippen molar-refractivity contribution >= 4 is 0 Å². The molecule has 4 aliphatic rings. The van der Waals surface area contributed by atoms with Crippen LogP contribution in [0.3, 0.4) is 0 Å². The Labute approximate surface area is 172 Å². The summed E-state index contributed by atoms with van der Waals surface area (Å²) in [6.45, 7) is 13.9. The normalized spacial score (nSPS) is 54.0. The van der Waals surface area contributed by atoms with Crippen molar-refractivity contribution in [3.8, 4) is 0 Å². The highest BCUT2D eigenvalue weighted by atomic mass is 16.5. The molecule has 162 valence electrons. The van der Waals surface area contributed by atoms with Gasteiger partial charge in [-0.05, 0) is 113 Å². The first-order chi connectivity index (χ1) is 12.8. The monoisotopic (exact) mass is 392 g/mol. The van der Waals surface area contributed by atoms with Crippen molar-refractivity contribution in [1.82, 2.24) is 0 Å². The Morgan fingerprint density at radius 2 is 1.50 bits per heavy atom. The molecule has 0 aromatic heterocycles. The van der Waals surface area contributed by atoms with Crippen LogP contribution in [0.2, 0.25) is 0 Å². The van der Waals surface area contributed by atoms with Crippen LogP contribution >= 0.6 is 0 Å². The fourth-order valence-electron chi connectivity index (χ4n) is 8.35. The minimum atomic E-state index is -0.748. The number of hydrogen-bond donors (Lipinski definition) is 2. The lowest BCUT2D eigenvalue weighted by molar-refractivity contribution is -0.205. The van der Waals surface area contributed by atoms with Crippen LogP contribution in [0.25, 0.3) is 0 Å². The Morgan fingerprint density at radius 3 is 2.18 bits per heavy atom. The molecule has 4 rings (SSSR count). The topological polar surface area (TPSA) is 49.7 Å². The molecule has 0 aromatic rings. The molecule has 4 fully saturated rings. The van der Waals surface area contributed by atoms with E-state index < -0.39 is 11.2 Å². The molecule has 0 heterocycles. The molecule has 0 spiro atoms. The minimum absolute atomic E-state index is 0.263. The molecule has 0 aliphatic heterocycles. The quantitative estimate of drug-likeness (QED) is 0.683. The van der Waals surface area contributed by atoms with Crippen molar-refractivity contribution in [2.24, 2.45) is 34.0 Å². The van der Waals surface area contributed by atoms with Crippen molar-refractivity contribution in [1.29, 1.82) is 0 Å². The Bertz CT molecular complexity index is 607. The molecule has 0 unspecified atom stereocenters. The Balaban J connectivity index is 1.57. The van der Waals surface area contributed by atoms with Gasteiger partial charge in [0.1, 0.15) is 0 Å². The third-order valence-electron chi connectivity index (χ3n) is 10.3. The van der Waals surface area contributed by atoms with Crippen LogP contribution in [0.5, 0.6) is 0 Å². The maximum absolute atomic E-state index is 10.7. The van der Waals surface area contributed by atoms with E-state index in [1.54, 1.807) is 0 Å². The van der Waals surface area contributed by atoms with Gasteiger partial charge in [0.25, 0.3) is 0 Å². The predicted octanol–water partition coefficient (Wildman–Crippen LogP) is 5.33. The van der Waals surface area contributed by atoms with E-state index in [2.05, 4.69) is 27.7 Å². The molecule has 28 heavy (non-hydrogen) atoms. The summed E-state index contributed by atoms with van der Waals surface area (Å²) in [5.74, 6) is 2.20. The molecular weight excluding hydrogens is 348 g/mol. The van der Waals surface area contributed by atoms with Gasteiger partial charge in [-0.3, -0.25) is 0 Å². The van der Waals surface area contributed by atoms with Crippen molar-refractivity contribution < 1.29 is 14.9 Å². The summed E-state index contributed by atoms with van der Waals surface area (Å²) >= 11 is 0. The van der Waals surface area contributed by atoms with E-state index in [4.69, 9.17) is 4.74 Å². The molecule has 4 saturated carbocycles. The Kier molecular flexibility index (Phi) is 4.86. The van der Waals surface area contributed by atoms with Gasteiger partial charge in [-0.2, -0.15) is 0 Å². The fraction of sp³-hybridized carbons (Fsp3) is 1.00. The zero-order valence-electron chi connectivity index (χ0n) is 19.2. The predicted molar refractivity (Wildman–Crippen MR) is 113 cm³/mol. The van der Waals surface area contributed by atoms with Crippen LogP contribution in [-0.2, 0) is 4.74 Å². The average molecular weight is 393 g/mol. The molecule has 0 aromatic carbocycles. The molecule has 0 bridgehead atoms. The van der Waals surface area contributed by atoms with Crippen LogP contribution in [0, 0.1) is 34.0 Å². The Morgan fingerprint density at radius 1 is 0.857 bits per heavy atom. The van der Waals surface area contributed by atoms with E-state index >= 15 is 0 Å². The van der Waals surface area contributed by atoms with E-state index in [9.17, 15) is 10.2 Å². The van der Waals surface area contributed by atoms with E-state index in [-0.39, 0.29) is 5.41 Å². The molecule has 0 saturated heterocycles. The van der Waals surface area contributed by atoms with E-state index in [1.165, 1.54) is 38.5 Å². The summed E-state index contributed by atoms with van der Waals surface area (Å²) in [5, 5.41) is 20.9. The fourth-order valence-corrected chi connectivity index (χ4v) is 8.35. The molecule has 3 nitrogen and oxygen atoms in total. The second kappa shape index (κ2) is 6.44. The highest BCUT2D eigenvalue weighted by Crippen LogP contribution is 2.72. The second-order valence-corrected chi connectivity index (χ2v) is 12.7. The standard InChI is InChI=1S/C25H44O3/c1-21(2,26)16-28-20-10-9-18-19-8-7-17-15-22(3,27)11-13-24(17,5)25(19,6)14-12-23(18,20)4/h17-20,26-27H,7-16H2,1-6H3/t17-,18-,19-,20-,22-,23-,24-,25-/m0/s1. The smallest absolute Gasteiger partial charge is 0.0824 e. The van der Waals surface area contributed by atoms with Crippen LogP contribution < -0.4 is 0 Å². The van der Waals surface area contributed by atoms with Crippen LogP contribution in [0.1, 0.15) is 99.3 Å². The van der Waals surface area contributed by atoms with E-state index in [0.29, 0.717) is 29.5 Å². The zero-order valence-corrected chi connectivity index (χ0v) is 19.2. The molecule has 8 atom stereocenters. The van der Waals surface area contributed by atoms with Gasteiger partial charge in [0.2, 0.25) is 0 Å². The summed E-state index contributed by atoms with van der Waals surface area (Å²) in [4.78, 5) is 0. The average Bonchev–Trinajstić information content (AvgIpc) is 2.91. The maximum atomic E-state index is 10.7. The minimum Gasteiger partial charge on any atom is -0.390 e. The summed E-state index contributed by atoms with van der Waals surface area (Å²) in [7, 11) is 0. The van der Waals surface area contributed by atoms with Crippen LogP contribution in [-0.4, -0.2) is 34.1 Å².